The molecule has 1 rings (SSSR count). The number of nitrogens with one attached hydrogen (secondary N) is 10. The number of carboxylic acid groups (broad SMARTS) is 2. The van der Waals surface area contributed by atoms with E-state index in [0.29, 0.717) is 31.2 Å². The van der Waals surface area contributed by atoms with Crippen LogP contribution in [-0.2, 0) is 73.5 Å². The number of primary amides is 2. The molecule has 0 bridgehead atoms. The normalized spacial score (nSPS) is 14.8. The first-order chi connectivity index (χ1) is 42.3. The summed E-state index contributed by atoms with van der Waals surface area (Å²) in [5.74, 6) is -16.1. The van der Waals surface area contributed by atoms with Crippen LogP contribution in [0.15, 0.2) is 24.3 Å². The number of phenolic OH excluding ortho intramolecular Hbond substituents is 1. The van der Waals surface area contributed by atoms with Gasteiger partial charge in [-0.15, -0.1) is 0 Å². The zero-order valence-corrected chi connectivity index (χ0v) is 52.8. The first kappa shape index (κ1) is 79.8. The summed E-state index contributed by atoms with van der Waals surface area (Å²) in [7, 11) is 0. The Hall–Kier alpha value is -8.17. The predicted octanol–water partition coefficient (Wildman–Crippen LogP) is -4.23. The smallest absolute Gasteiger partial charge is 0.305 e. The summed E-state index contributed by atoms with van der Waals surface area (Å²) in [5, 5.41) is 53.1. The van der Waals surface area contributed by atoms with Gasteiger partial charge in [0, 0.05) is 18.6 Å². The van der Waals surface area contributed by atoms with Crippen molar-refractivity contribution in [2.45, 2.75) is 192 Å². The van der Waals surface area contributed by atoms with E-state index in [4.69, 9.17) is 28.7 Å². The number of carboxylic acids is 2. The molecule has 0 saturated heterocycles. The highest BCUT2D eigenvalue weighted by Gasteiger charge is 2.37. The number of hydrogen-bond donors (Lipinski definition) is 19. The number of rotatable bonds is 45. The topological polar surface area (TPSA) is 550 Å². The summed E-state index contributed by atoms with van der Waals surface area (Å²) in [6.07, 6.45) is -1.57. The van der Waals surface area contributed by atoms with Crippen molar-refractivity contribution in [2.75, 3.05) is 25.4 Å². The molecule has 0 aliphatic carbocycles. The molecule has 23 N–H and O–H groups in total. The summed E-state index contributed by atoms with van der Waals surface area (Å²) in [6, 6.07) is -9.00. The van der Waals surface area contributed by atoms with Crippen LogP contribution in [0.2, 0.25) is 0 Å². The number of aliphatic carboxylic acids is 2. The van der Waals surface area contributed by atoms with Gasteiger partial charge in [-0.25, -0.2) is 0 Å². The fourth-order valence-corrected chi connectivity index (χ4v) is 9.02. The van der Waals surface area contributed by atoms with Gasteiger partial charge in [0.15, 0.2) is 0 Å². The first-order valence-corrected chi connectivity index (χ1v) is 30.5. The molecule has 0 aliphatic heterocycles. The average molecular weight is 1290 g/mol. The number of benzene rings is 1. The fourth-order valence-electron chi connectivity index (χ4n) is 8.77. The van der Waals surface area contributed by atoms with Crippen LogP contribution in [0.25, 0.3) is 0 Å². The van der Waals surface area contributed by atoms with E-state index in [9.17, 15) is 82.4 Å². The zero-order chi connectivity index (χ0) is 68.4. The highest BCUT2D eigenvalue weighted by Crippen LogP contribution is 2.15. The second-order valence-electron chi connectivity index (χ2n) is 22.7. The Morgan fingerprint density at radius 1 is 0.489 bits per heavy atom. The number of carbonyl (C=O) groups is 14. The zero-order valence-electron chi connectivity index (χ0n) is 51.9. The Morgan fingerprint density at radius 3 is 1.31 bits per heavy atom. The number of hydrogen-bond acceptors (Lipinski definition) is 19. The van der Waals surface area contributed by atoms with Gasteiger partial charge >= 0.3 is 11.9 Å². The van der Waals surface area contributed by atoms with Crippen molar-refractivity contribution in [1.82, 2.24) is 53.2 Å². The molecule has 0 unspecified atom stereocenters. The van der Waals surface area contributed by atoms with Crippen LogP contribution >= 0.6 is 12.6 Å². The second-order valence-corrected chi connectivity index (χ2v) is 23.1. The lowest BCUT2D eigenvalue weighted by Gasteiger charge is -2.28. The van der Waals surface area contributed by atoms with Crippen LogP contribution in [0.5, 0.6) is 5.75 Å². The Bertz CT molecular complexity index is 2600. The molecule has 1 aromatic rings. The molecule has 1 aromatic carbocycles. The van der Waals surface area contributed by atoms with Crippen molar-refractivity contribution in [1.29, 1.82) is 0 Å². The Labute approximate surface area is 528 Å². The van der Waals surface area contributed by atoms with Crippen LogP contribution in [0, 0.1) is 17.8 Å². The van der Waals surface area contributed by atoms with Crippen LogP contribution < -0.4 is 81.8 Å². The maximum atomic E-state index is 14.2. The van der Waals surface area contributed by atoms with Gasteiger partial charge in [0.2, 0.25) is 70.9 Å². The molecule has 0 fully saturated rings. The molecule has 0 spiro atoms. The van der Waals surface area contributed by atoms with E-state index in [1.54, 1.807) is 34.6 Å². The molecule has 11 atom stereocenters. The third-order valence-electron chi connectivity index (χ3n) is 14.0. The van der Waals surface area contributed by atoms with E-state index in [2.05, 4.69) is 65.8 Å². The molecule has 0 saturated carbocycles. The average Bonchev–Trinajstić information content (AvgIpc) is 1.96. The van der Waals surface area contributed by atoms with E-state index in [1.807, 2.05) is 6.92 Å². The van der Waals surface area contributed by atoms with Crippen LogP contribution in [0.3, 0.4) is 0 Å². The predicted molar refractivity (Wildman–Crippen MR) is 330 cm³/mol. The molecule has 0 aromatic heterocycles. The van der Waals surface area contributed by atoms with Gasteiger partial charge in [-0.3, -0.25) is 67.1 Å². The molecule has 90 heavy (non-hydrogen) atoms. The van der Waals surface area contributed by atoms with Gasteiger partial charge in [-0.05, 0) is 106 Å². The van der Waals surface area contributed by atoms with Crippen LogP contribution in [-0.4, -0.2) is 184 Å². The van der Waals surface area contributed by atoms with E-state index >= 15 is 0 Å². The summed E-state index contributed by atoms with van der Waals surface area (Å²) in [4.78, 5) is 186. The Morgan fingerprint density at radius 2 is 0.889 bits per heavy atom. The largest absolute Gasteiger partial charge is 0.508 e. The summed E-state index contributed by atoms with van der Waals surface area (Å²) in [6.45, 7) is 10.0. The highest BCUT2D eigenvalue weighted by atomic mass is 32.1. The Balaban J connectivity index is 3.40. The number of nitrogens with two attached hydrogens (primary N) is 5. The summed E-state index contributed by atoms with van der Waals surface area (Å²) in [5.41, 5.74) is 29.1. The van der Waals surface area contributed by atoms with Crippen molar-refractivity contribution in [3.8, 4) is 5.75 Å². The molecule has 12 amide bonds. The Kier molecular flexibility index (Phi) is 37.2. The minimum atomic E-state index is -1.92. The van der Waals surface area contributed by atoms with Gasteiger partial charge in [0.05, 0.1) is 25.4 Å². The lowest BCUT2D eigenvalue weighted by molar-refractivity contribution is -0.141. The van der Waals surface area contributed by atoms with E-state index in [1.165, 1.54) is 24.3 Å². The van der Waals surface area contributed by atoms with Crippen LogP contribution in [0.1, 0.15) is 131 Å². The SMILES string of the molecule is CC[C@H](C)[C@H](N)C(=O)N[C@@H](CCCCN)C(=O)N[C@@H](CCC(=O)O)C(=O)N[C@@H](CC(N)=O)C(=O)N[C@@H](CC(C)C)C(=O)N[C@@H](CCCCN)C(=O)N[C@@H](CC(=O)O)C(=O)N[C@@H](CS)C(=O)NCC(=O)N[C@@H](CC(C)C)C(=O)N[C@@H](Cc1ccc(O)cc1)C(N)=O. The highest BCUT2D eigenvalue weighted by molar-refractivity contribution is 7.80. The van der Waals surface area contributed by atoms with Gasteiger partial charge < -0.3 is 97.2 Å². The van der Waals surface area contributed by atoms with Crippen molar-refractivity contribution in [3.05, 3.63) is 29.8 Å². The minimum Gasteiger partial charge on any atom is -0.508 e. The van der Waals surface area contributed by atoms with Crippen LogP contribution in [0.4, 0.5) is 0 Å². The first-order valence-electron chi connectivity index (χ1n) is 29.8. The fraction of sp³-hybridized carbons (Fsp3) is 0.649. The van der Waals surface area contributed by atoms with Crippen molar-refractivity contribution in [3.63, 3.8) is 0 Å². The van der Waals surface area contributed by atoms with E-state index < -0.39 is 181 Å². The summed E-state index contributed by atoms with van der Waals surface area (Å²) < 4.78 is 0. The van der Waals surface area contributed by atoms with Crippen molar-refractivity contribution in [2.24, 2.45) is 46.4 Å². The van der Waals surface area contributed by atoms with Gasteiger partial charge in [-0.1, -0.05) is 60.1 Å². The monoisotopic (exact) mass is 1290 g/mol. The number of phenols is 1. The number of aromatic hydroxyl groups is 1. The number of unbranched alkanes of at least 4 members (excludes halogenated alkanes) is 2. The molecular weight excluding hydrogens is 1200 g/mol. The van der Waals surface area contributed by atoms with Gasteiger partial charge in [0.1, 0.15) is 60.1 Å². The quantitative estimate of drug-likeness (QED) is 0.0217. The number of amides is 12. The lowest BCUT2D eigenvalue weighted by atomic mass is 9.98. The van der Waals surface area contributed by atoms with Crippen molar-refractivity contribution < 1.29 is 82.4 Å². The molecule has 0 aliphatic rings. The maximum absolute atomic E-state index is 14.2. The molecule has 32 nitrogen and oxygen atoms in total. The third-order valence-corrected chi connectivity index (χ3v) is 14.4. The van der Waals surface area contributed by atoms with Gasteiger partial charge in [0.25, 0.3) is 0 Å². The van der Waals surface area contributed by atoms with Gasteiger partial charge in [-0.2, -0.15) is 12.6 Å². The van der Waals surface area contributed by atoms with E-state index in [-0.39, 0.29) is 75.1 Å². The number of carbonyl (C=O) groups excluding carboxylic acids is 12. The minimum absolute atomic E-state index is 0.0270. The summed E-state index contributed by atoms with van der Waals surface area (Å²) >= 11 is 4.13. The second kappa shape index (κ2) is 41.9. The van der Waals surface area contributed by atoms with E-state index in [0.717, 1.165) is 0 Å². The lowest BCUT2D eigenvalue weighted by Crippen LogP contribution is -2.61. The molecule has 33 heteroatoms. The molecular formula is C57H95N15O17S. The molecule has 0 heterocycles. The molecule has 506 valence electrons. The molecule has 0 radical (unpaired) electrons. The van der Waals surface area contributed by atoms with Crippen molar-refractivity contribution >= 4 is 95.5 Å². The third kappa shape index (κ3) is 31.3. The number of thiol groups is 1. The standard InChI is InChI=1S/C57H95N15O17S/c1-7-31(6)47(61)57(89)67-35(13-9-11-21-59)50(82)66-36(18-19-45(76)77)52(84)70-40(25-43(60)74)55(87)69-39(23-30(4)5)54(86)65-34(12-8-10-20-58)51(83)71-41(26-46(78)79)56(88)72-42(28-90)49(81)63-27-44(75)64-38(22-29(2)3)53(85)68-37(48(62)80)24-32-14-16-33(73)17-15-32/h14-17,29-31,34-42,47,73,90H,7-13,18-28,58-59,61H2,1-6H3,(H2,60,74)(H2,62,80)(H,63,81)(H,64,75)(H,65,86)(H,66,82)(H,67,89)(H,68,85)(H,69,87)(H,70,84)(H,71,83)(H,72,88)(H,76,77)(H,78,79)/t31-,34-,35-,36-,37-,38-,39-,40-,41-,42-,47-/m0/s1. The maximum Gasteiger partial charge on any atom is 0.305 e.